The molecular weight excluding hydrogens is 218 g/mol. The number of aliphatic carboxylic acids is 1. The van der Waals surface area contributed by atoms with Crippen LogP contribution in [0.2, 0.25) is 0 Å². The predicted octanol–water partition coefficient (Wildman–Crippen LogP) is 0.911. The van der Waals surface area contributed by atoms with Gasteiger partial charge >= 0.3 is 5.97 Å². The Morgan fingerprint density at radius 3 is 2.29 bits per heavy atom. The number of amides is 1. The first-order chi connectivity index (χ1) is 8.15. The third kappa shape index (κ3) is 2.93. The molecule has 0 radical (unpaired) electrons. The quantitative estimate of drug-likeness (QED) is 0.760. The third-order valence-electron chi connectivity index (χ3n) is 2.77. The summed E-state index contributed by atoms with van der Waals surface area (Å²) < 4.78 is 0. The van der Waals surface area contributed by atoms with Crippen LogP contribution in [0.5, 0.6) is 0 Å². The summed E-state index contributed by atoms with van der Waals surface area (Å²) >= 11 is 0. The number of carbonyl (C=O) groups excluding carboxylic acids is 1. The molecule has 4 nitrogen and oxygen atoms in total. The summed E-state index contributed by atoms with van der Waals surface area (Å²) in [5.74, 6) is -1.47. The Kier molecular flexibility index (Phi) is 3.23. The Morgan fingerprint density at radius 1 is 1.18 bits per heavy atom. The number of hydrogen-bond donors (Lipinski definition) is 2. The molecule has 0 aliphatic heterocycles. The summed E-state index contributed by atoms with van der Waals surface area (Å²) in [5, 5.41) is 11.2. The van der Waals surface area contributed by atoms with E-state index in [2.05, 4.69) is 17.4 Å². The van der Waals surface area contributed by atoms with Gasteiger partial charge in [0.2, 0.25) is 5.91 Å². The topological polar surface area (TPSA) is 66.4 Å². The summed E-state index contributed by atoms with van der Waals surface area (Å²) in [6, 6.07) is 8.13. The fourth-order valence-electron chi connectivity index (χ4n) is 2.06. The first-order valence-electron chi connectivity index (χ1n) is 5.43. The predicted molar refractivity (Wildman–Crippen MR) is 62.6 cm³/mol. The van der Waals surface area contributed by atoms with Crippen LogP contribution in [0, 0.1) is 0 Å². The van der Waals surface area contributed by atoms with Crippen molar-refractivity contribution in [2.75, 3.05) is 0 Å². The van der Waals surface area contributed by atoms with E-state index >= 15 is 0 Å². The van der Waals surface area contributed by atoms with Crippen LogP contribution in [0.1, 0.15) is 11.1 Å². The largest absolute Gasteiger partial charge is 0.478 e. The Hall–Kier alpha value is -2.10. The first kappa shape index (κ1) is 11.4. The van der Waals surface area contributed by atoms with E-state index < -0.39 is 5.97 Å². The molecule has 1 aliphatic carbocycles. The van der Waals surface area contributed by atoms with Crippen molar-refractivity contribution >= 4 is 11.9 Å². The molecule has 1 aliphatic rings. The molecule has 0 saturated carbocycles. The molecule has 1 aromatic rings. The van der Waals surface area contributed by atoms with Gasteiger partial charge in [0.25, 0.3) is 0 Å². The maximum atomic E-state index is 11.4. The SMILES string of the molecule is O=C(O)C=CC(=O)NC1Cc2ccccc2C1. The van der Waals surface area contributed by atoms with Crippen LogP contribution in [0.3, 0.4) is 0 Å². The second kappa shape index (κ2) is 4.82. The Labute approximate surface area is 99.0 Å². The van der Waals surface area contributed by atoms with Crippen LogP contribution in [0.15, 0.2) is 36.4 Å². The Bertz CT molecular complexity index is 454. The average Bonchev–Trinajstić information content (AvgIpc) is 2.68. The number of carbonyl (C=O) groups is 2. The van der Waals surface area contributed by atoms with Gasteiger partial charge in [0.05, 0.1) is 0 Å². The van der Waals surface area contributed by atoms with Gasteiger partial charge in [0.1, 0.15) is 0 Å². The highest BCUT2D eigenvalue weighted by Gasteiger charge is 2.21. The fourth-order valence-corrected chi connectivity index (χ4v) is 2.06. The van der Waals surface area contributed by atoms with Gasteiger partial charge in [0, 0.05) is 18.2 Å². The number of benzene rings is 1. The summed E-state index contributed by atoms with van der Waals surface area (Å²) in [7, 11) is 0. The summed E-state index contributed by atoms with van der Waals surface area (Å²) in [6.07, 6.45) is 3.51. The van der Waals surface area contributed by atoms with Crippen LogP contribution in [-0.4, -0.2) is 23.0 Å². The molecule has 1 amide bonds. The Morgan fingerprint density at radius 2 is 1.76 bits per heavy atom. The van der Waals surface area contributed by atoms with Crippen molar-refractivity contribution in [3.8, 4) is 0 Å². The number of rotatable bonds is 3. The number of carboxylic acids is 1. The second-order valence-electron chi connectivity index (χ2n) is 4.05. The molecule has 17 heavy (non-hydrogen) atoms. The number of nitrogens with one attached hydrogen (secondary N) is 1. The van der Waals surface area contributed by atoms with Gasteiger partial charge in [-0.1, -0.05) is 24.3 Å². The van der Waals surface area contributed by atoms with Gasteiger partial charge in [-0.05, 0) is 24.0 Å². The molecule has 0 saturated heterocycles. The molecule has 0 bridgehead atoms. The van der Waals surface area contributed by atoms with E-state index in [1.54, 1.807) is 0 Å². The van der Waals surface area contributed by atoms with Crippen molar-refractivity contribution in [2.45, 2.75) is 18.9 Å². The lowest BCUT2D eigenvalue weighted by Crippen LogP contribution is -2.34. The number of carboxylic acid groups (broad SMARTS) is 1. The zero-order valence-electron chi connectivity index (χ0n) is 9.22. The van der Waals surface area contributed by atoms with Crippen molar-refractivity contribution in [1.82, 2.24) is 5.32 Å². The maximum Gasteiger partial charge on any atom is 0.328 e. The van der Waals surface area contributed by atoms with Crippen molar-refractivity contribution in [2.24, 2.45) is 0 Å². The maximum absolute atomic E-state index is 11.4. The van der Waals surface area contributed by atoms with Crippen LogP contribution < -0.4 is 5.32 Å². The lowest BCUT2D eigenvalue weighted by molar-refractivity contribution is -0.131. The summed E-state index contributed by atoms with van der Waals surface area (Å²) in [6.45, 7) is 0. The van der Waals surface area contributed by atoms with E-state index in [0.29, 0.717) is 0 Å². The van der Waals surface area contributed by atoms with Gasteiger partial charge in [-0.25, -0.2) is 4.79 Å². The van der Waals surface area contributed by atoms with Gasteiger partial charge < -0.3 is 10.4 Å². The first-order valence-corrected chi connectivity index (χ1v) is 5.43. The minimum atomic E-state index is -1.12. The lowest BCUT2D eigenvalue weighted by atomic mass is 10.1. The van der Waals surface area contributed by atoms with Crippen LogP contribution in [0.4, 0.5) is 0 Å². The Balaban J connectivity index is 1.92. The van der Waals surface area contributed by atoms with E-state index in [0.717, 1.165) is 25.0 Å². The normalized spacial score (nSPS) is 14.8. The van der Waals surface area contributed by atoms with Crippen molar-refractivity contribution in [3.63, 3.8) is 0 Å². The molecule has 4 heteroatoms. The number of fused-ring (bicyclic) bond motifs is 1. The lowest BCUT2D eigenvalue weighted by Gasteiger charge is -2.09. The van der Waals surface area contributed by atoms with Gasteiger partial charge in [-0.3, -0.25) is 4.79 Å². The molecule has 1 aromatic carbocycles. The zero-order valence-corrected chi connectivity index (χ0v) is 9.22. The van der Waals surface area contributed by atoms with E-state index in [-0.39, 0.29) is 11.9 Å². The zero-order chi connectivity index (χ0) is 12.3. The summed E-state index contributed by atoms with van der Waals surface area (Å²) in [5.41, 5.74) is 2.50. The molecule has 2 rings (SSSR count). The molecule has 0 unspecified atom stereocenters. The van der Waals surface area contributed by atoms with E-state index in [1.807, 2.05) is 12.1 Å². The highest BCUT2D eigenvalue weighted by atomic mass is 16.4. The van der Waals surface area contributed by atoms with Crippen molar-refractivity contribution in [1.29, 1.82) is 0 Å². The average molecular weight is 231 g/mol. The highest BCUT2D eigenvalue weighted by molar-refractivity contribution is 5.94. The smallest absolute Gasteiger partial charge is 0.328 e. The van der Waals surface area contributed by atoms with Gasteiger partial charge in [-0.15, -0.1) is 0 Å². The van der Waals surface area contributed by atoms with E-state index in [4.69, 9.17) is 5.11 Å². The molecule has 0 aromatic heterocycles. The summed E-state index contributed by atoms with van der Waals surface area (Å²) in [4.78, 5) is 21.6. The standard InChI is InChI=1S/C13H13NO3/c15-12(5-6-13(16)17)14-11-7-9-3-1-2-4-10(9)8-11/h1-6,11H,7-8H2,(H,14,15)(H,16,17). The van der Waals surface area contributed by atoms with E-state index in [1.165, 1.54) is 11.1 Å². The number of hydrogen-bond acceptors (Lipinski definition) is 2. The molecule has 0 heterocycles. The van der Waals surface area contributed by atoms with Crippen molar-refractivity contribution in [3.05, 3.63) is 47.5 Å². The van der Waals surface area contributed by atoms with Crippen LogP contribution in [-0.2, 0) is 22.4 Å². The third-order valence-corrected chi connectivity index (χ3v) is 2.77. The van der Waals surface area contributed by atoms with E-state index in [9.17, 15) is 9.59 Å². The molecule has 88 valence electrons. The highest BCUT2D eigenvalue weighted by Crippen LogP contribution is 2.21. The van der Waals surface area contributed by atoms with Crippen LogP contribution in [0.25, 0.3) is 0 Å². The van der Waals surface area contributed by atoms with Gasteiger partial charge in [-0.2, -0.15) is 0 Å². The minimum Gasteiger partial charge on any atom is -0.478 e. The van der Waals surface area contributed by atoms with Gasteiger partial charge in [0.15, 0.2) is 0 Å². The minimum absolute atomic E-state index is 0.0679. The molecule has 0 fully saturated rings. The molecule has 2 N–H and O–H groups in total. The fraction of sp³-hybridized carbons (Fsp3) is 0.231. The molecular formula is C13H13NO3. The molecule has 0 spiro atoms. The van der Waals surface area contributed by atoms with Crippen LogP contribution >= 0.6 is 0 Å². The molecule has 0 atom stereocenters. The monoisotopic (exact) mass is 231 g/mol. The second-order valence-corrected chi connectivity index (χ2v) is 4.05. The van der Waals surface area contributed by atoms with Crippen molar-refractivity contribution < 1.29 is 14.7 Å².